The van der Waals surface area contributed by atoms with E-state index in [-0.39, 0.29) is 77.1 Å². The van der Waals surface area contributed by atoms with E-state index in [0.717, 1.165) is 38.5 Å². The molecule has 0 amide bonds. The van der Waals surface area contributed by atoms with Crippen LogP contribution in [0.3, 0.4) is 0 Å². The lowest BCUT2D eigenvalue weighted by Crippen LogP contribution is -3.11. The Hall–Kier alpha value is -3.65. The number of carbonyl (C=O) groups is 4. The molecule has 0 atom stereocenters. The first-order valence-corrected chi connectivity index (χ1v) is 43.8. The van der Waals surface area contributed by atoms with Crippen LogP contribution >= 0.6 is 67.8 Å². The van der Waals surface area contributed by atoms with Crippen LogP contribution < -0.4 is 21.9 Å². The Labute approximate surface area is 639 Å². The second-order valence-electron chi connectivity index (χ2n) is 21.1. The molecule has 6 aromatic carbocycles. The number of benzene rings is 6. The molecule has 0 saturated heterocycles. The van der Waals surface area contributed by atoms with Crippen LogP contribution in [0.4, 0.5) is 0 Å². The minimum atomic E-state index is -4.63. The maximum atomic E-state index is 11.4. The van der Waals surface area contributed by atoms with E-state index in [1.807, 2.05) is 4.93 Å². The first kappa shape index (κ1) is 95.4. The molecule has 0 aliphatic carbocycles. The van der Waals surface area contributed by atoms with Crippen molar-refractivity contribution in [3.8, 4) is 0 Å². The summed E-state index contributed by atoms with van der Waals surface area (Å²) in [7, 11) is -9.30. The minimum Gasteiger partial charge on any atom is -1.00 e. The fourth-order valence-electron chi connectivity index (χ4n) is 8.85. The Morgan fingerprint density at radius 3 is 0.711 bits per heavy atom. The number of hydrogen-bond acceptors (Lipinski definition) is 14. The molecule has 0 fully saturated rings. The van der Waals surface area contributed by atoms with Gasteiger partial charge in [0.15, 0.2) is 29.4 Å². The number of alkyl halides is 3. The van der Waals surface area contributed by atoms with Crippen LogP contribution in [0.2, 0.25) is 0 Å². The first-order valence-electron chi connectivity index (χ1n) is 33.0. The second kappa shape index (κ2) is 64.4. The smallest absolute Gasteiger partial charge is 0.320 e. The van der Waals surface area contributed by atoms with Gasteiger partial charge in [-0.05, 0) is 111 Å². The predicted octanol–water partition coefficient (Wildman–Crippen LogP) is 13.7. The molecule has 0 aliphatic heterocycles. The number of halogens is 4. The van der Waals surface area contributed by atoms with Crippen molar-refractivity contribution in [2.75, 3.05) is 64.9 Å². The molecule has 0 aromatic heterocycles. The zero-order valence-electron chi connectivity index (χ0n) is 57.5. The van der Waals surface area contributed by atoms with E-state index in [1.165, 1.54) is 116 Å². The summed E-state index contributed by atoms with van der Waals surface area (Å²) in [6.07, 6.45) is 18.8. The molecule has 23 heteroatoms. The highest BCUT2D eigenvalue weighted by Crippen LogP contribution is 2.32. The Bertz CT molecular complexity index is 2670. The first-order chi connectivity index (χ1) is 46.4. The SMILES string of the molecule is CCCCCCCCCCC(=O)OCCOC(=O)CS(=O)(=O)[O-].CCCCCCCCCCC(=O)OCCOC(=O)CS(=O)(=O)[O-].CC[NH+](CC)CC.CI.ICI.[Br-].c1ccc([S+](c2ccccc2)c2ccccc2)cc1.c1ccc([S+](c2ccccc2)c2ccccc2)cc1. The van der Waals surface area contributed by atoms with Crippen molar-refractivity contribution in [1.82, 2.24) is 0 Å². The van der Waals surface area contributed by atoms with Crippen LogP contribution in [-0.2, 0) is 80.2 Å². The molecule has 542 valence electrons. The van der Waals surface area contributed by atoms with Gasteiger partial charge in [0, 0.05) is 12.8 Å². The van der Waals surface area contributed by atoms with E-state index in [4.69, 9.17) is 9.47 Å². The van der Waals surface area contributed by atoms with Crippen LogP contribution in [0.15, 0.2) is 211 Å². The summed E-state index contributed by atoms with van der Waals surface area (Å²) in [6, 6.07) is 64.3. The molecule has 0 saturated carbocycles. The number of unbranched alkanes of at least 4 members (excludes halogenated alkanes) is 14. The van der Waals surface area contributed by atoms with Gasteiger partial charge in [0.25, 0.3) is 0 Å². The Morgan fingerprint density at radius 1 is 0.351 bits per heavy atom. The van der Waals surface area contributed by atoms with Crippen molar-refractivity contribution in [2.45, 2.75) is 180 Å². The number of carbonyl (C=O) groups excluding carboxylic acids is 4. The molecular weight excluding hydrogens is 1720 g/mol. The molecule has 0 radical (unpaired) electrons. The van der Waals surface area contributed by atoms with Crippen molar-refractivity contribution >= 4 is 134 Å². The summed E-state index contributed by atoms with van der Waals surface area (Å²) in [5, 5.41) is 0. The zero-order valence-corrected chi connectivity index (χ0v) is 68.8. The van der Waals surface area contributed by atoms with Crippen LogP contribution in [-0.4, -0.2) is 115 Å². The summed E-state index contributed by atoms with van der Waals surface area (Å²) in [5.74, 6) is -5.44. The molecule has 0 spiro atoms. The highest BCUT2D eigenvalue weighted by molar-refractivity contribution is 14.2. The van der Waals surface area contributed by atoms with Gasteiger partial charge in [-0.1, -0.05) is 281 Å². The summed E-state index contributed by atoms with van der Waals surface area (Å²) in [4.78, 5) is 56.4. The maximum absolute atomic E-state index is 11.4. The lowest BCUT2D eigenvalue weighted by molar-refractivity contribution is -0.894. The molecular formula is C74H105BrI3NO14S4. The van der Waals surface area contributed by atoms with Gasteiger partial charge in [-0.25, -0.2) is 16.8 Å². The number of quaternary nitrogens is 1. The summed E-state index contributed by atoms with van der Waals surface area (Å²) in [6.45, 7) is 14.1. The number of esters is 4. The standard InChI is InChI=1S/2C18H15S.2C15H28O7S.C6H15N.CH2I2.CH3I.BrH/c2*1-4-10-16(11-5-1)19(17-12-6-2-7-13-17)18-14-8-3-9-15-18;2*1-2-3-4-5-6-7-8-9-10-14(16)21-11-12-22-15(17)13-23(18,19)20;1-4-7(5-2)6-3;2-1-3;1-2;/h2*1-15H;2*2-13H2,1H3,(H,18,19,20);4-6H2,1-3H3;1H2;1H3;1H/q2*+1;;;;;;/p-2. The number of nitrogens with one attached hydrogen (secondary N) is 1. The molecule has 1 N–H and O–H groups in total. The van der Waals surface area contributed by atoms with Crippen molar-refractivity contribution in [2.24, 2.45) is 0 Å². The van der Waals surface area contributed by atoms with Crippen molar-refractivity contribution in [3.05, 3.63) is 182 Å². The summed E-state index contributed by atoms with van der Waals surface area (Å²) >= 11 is 6.70. The largest absolute Gasteiger partial charge is 1.00 e. The molecule has 6 aromatic rings. The highest BCUT2D eigenvalue weighted by atomic mass is 127. The lowest BCUT2D eigenvalue weighted by atomic mass is 10.1. The molecule has 0 bridgehead atoms. The van der Waals surface area contributed by atoms with Crippen molar-refractivity contribution in [1.29, 1.82) is 0 Å². The summed E-state index contributed by atoms with van der Waals surface area (Å²) < 4.78 is 81.5. The quantitative estimate of drug-likeness (QED) is 0.00729. The third-order valence-electron chi connectivity index (χ3n) is 13.7. The molecule has 0 heterocycles. The molecule has 15 nitrogen and oxygen atoms in total. The van der Waals surface area contributed by atoms with Gasteiger partial charge in [-0.15, -0.1) is 0 Å². The second-order valence-corrected chi connectivity index (χ2v) is 32.4. The Balaban J connectivity index is 0. The summed E-state index contributed by atoms with van der Waals surface area (Å²) in [5.41, 5.74) is 0. The van der Waals surface area contributed by atoms with Crippen molar-refractivity contribution < 1.29 is 85.9 Å². The average molecular weight is 1820 g/mol. The maximum Gasteiger partial charge on any atom is 0.320 e. The zero-order chi connectivity index (χ0) is 71.3. The van der Waals surface area contributed by atoms with E-state index >= 15 is 0 Å². The number of hydrogen-bond donors (Lipinski definition) is 1. The predicted molar refractivity (Wildman–Crippen MR) is 416 cm³/mol. The highest BCUT2D eigenvalue weighted by Gasteiger charge is 2.29. The van der Waals surface area contributed by atoms with E-state index in [2.05, 4.69) is 294 Å². The fourth-order valence-corrected chi connectivity index (χ4v) is 13.8. The van der Waals surface area contributed by atoms with Crippen molar-refractivity contribution in [3.63, 3.8) is 0 Å². The van der Waals surface area contributed by atoms with Gasteiger partial charge in [0.05, 0.1) is 43.9 Å². The van der Waals surface area contributed by atoms with Crippen LogP contribution in [0.25, 0.3) is 0 Å². The number of rotatable bonds is 37. The minimum absolute atomic E-state index is 0. The third kappa shape index (κ3) is 53.8. The monoisotopic (exact) mass is 1820 g/mol. The van der Waals surface area contributed by atoms with E-state index < -0.39 is 43.7 Å². The van der Waals surface area contributed by atoms with Gasteiger partial charge in [0.2, 0.25) is 0 Å². The Kier molecular flexibility index (Phi) is 63.4. The number of ether oxygens (including phenoxy) is 4. The normalized spacial score (nSPS) is 10.5. The molecule has 0 unspecified atom stereocenters. The van der Waals surface area contributed by atoms with E-state index in [1.54, 1.807) is 4.90 Å². The van der Waals surface area contributed by atoms with Gasteiger partial charge >= 0.3 is 23.9 Å². The third-order valence-corrected chi connectivity index (χ3v) is 19.3. The lowest BCUT2D eigenvalue weighted by Gasteiger charge is -2.10. The van der Waals surface area contributed by atoms with Gasteiger partial charge < -0.3 is 49.9 Å². The fraction of sp³-hybridized carbons (Fsp3) is 0.459. The van der Waals surface area contributed by atoms with Crippen LogP contribution in [0.1, 0.15) is 150 Å². The van der Waals surface area contributed by atoms with Gasteiger partial charge in [-0.2, -0.15) is 0 Å². The van der Waals surface area contributed by atoms with E-state index in [0.29, 0.717) is 12.8 Å². The average Bonchev–Trinajstić information content (AvgIpc) is 0.837. The van der Waals surface area contributed by atoms with Gasteiger partial charge in [-0.3, -0.25) is 19.2 Å². The van der Waals surface area contributed by atoms with E-state index in [9.17, 15) is 45.1 Å². The van der Waals surface area contributed by atoms with Crippen LogP contribution in [0.5, 0.6) is 0 Å². The topological polar surface area (TPSA) is 224 Å². The molecule has 6 rings (SSSR count). The Morgan fingerprint density at radius 2 is 0.536 bits per heavy atom. The van der Waals surface area contributed by atoms with Crippen LogP contribution in [0, 0.1) is 0 Å². The molecule has 0 aliphatic rings. The molecule has 97 heavy (non-hydrogen) atoms. The van der Waals surface area contributed by atoms with Gasteiger partial charge in [0.1, 0.15) is 58.2 Å².